The Balaban J connectivity index is 1.95. The Hall–Kier alpha value is -5.79. The molecule has 63 heavy (non-hydrogen) atoms. The van der Waals surface area contributed by atoms with Gasteiger partial charge in [-0.15, -0.1) is 0 Å². The van der Waals surface area contributed by atoms with Crippen LogP contribution in [0.5, 0.6) is 0 Å². The highest BCUT2D eigenvalue weighted by Gasteiger charge is 2.45. The van der Waals surface area contributed by atoms with Crippen LogP contribution in [0.2, 0.25) is 0 Å². The minimum Gasteiger partial charge on any atom is -0.458 e. The van der Waals surface area contributed by atoms with Crippen molar-refractivity contribution in [2.24, 2.45) is 17.8 Å². The number of likely N-dealkylation sites (N-methyl/N-ethyl adjacent to an activating group) is 1. The number of aliphatic hydroxyl groups excluding tert-OH is 1. The molecule has 0 radical (unpaired) electrons. The first kappa shape index (κ1) is 51.6. The number of carbonyl (C=O) groups is 9. The fraction of sp³-hybridized carbons (Fsp3) is 0.651. The molecule has 10 atom stereocenters. The minimum absolute atomic E-state index is 0.0000664. The highest BCUT2D eigenvalue weighted by molar-refractivity contribution is 5.98. The first-order chi connectivity index (χ1) is 29.4. The Morgan fingerprint density at radius 3 is 1.95 bits per heavy atom. The molecular formula is C43H66N8O12. The molecule has 1 aromatic carbocycles. The number of amides is 8. The quantitative estimate of drug-likeness (QED) is 0.147. The predicted molar refractivity (Wildman–Crippen MR) is 227 cm³/mol. The van der Waals surface area contributed by atoms with E-state index in [-0.39, 0.29) is 31.8 Å². The normalized spacial score (nSPS) is 26.6. The maximum Gasteiger partial charge on any atom is 0.408 e. The summed E-state index contributed by atoms with van der Waals surface area (Å²) in [4.78, 5) is 125. The van der Waals surface area contributed by atoms with Crippen molar-refractivity contribution in [3.63, 3.8) is 0 Å². The van der Waals surface area contributed by atoms with Crippen LogP contribution in [0.1, 0.15) is 94.1 Å². The summed E-state index contributed by atoms with van der Waals surface area (Å²) in [5.74, 6) is -7.88. The van der Waals surface area contributed by atoms with E-state index in [0.717, 1.165) is 15.4 Å². The topological polar surface area (TPSA) is 271 Å². The number of hydrogen-bond acceptors (Lipinski definition) is 12. The van der Waals surface area contributed by atoms with Crippen molar-refractivity contribution < 1.29 is 57.7 Å². The highest BCUT2D eigenvalue weighted by Crippen LogP contribution is 2.26. The number of piperidine rings is 1. The van der Waals surface area contributed by atoms with E-state index in [1.54, 1.807) is 58.0 Å². The van der Waals surface area contributed by atoms with Crippen molar-refractivity contribution in [3.05, 3.63) is 35.9 Å². The number of nitrogens with zero attached hydrogens (tertiary/aromatic N) is 2. The van der Waals surface area contributed by atoms with E-state index in [0.29, 0.717) is 0 Å². The zero-order valence-corrected chi connectivity index (χ0v) is 38.1. The number of ether oxygens (including phenoxy) is 2. The van der Waals surface area contributed by atoms with Crippen LogP contribution in [0.4, 0.5) is 4.79 Å². The number of benzene rings is 1. The number of rotatable bonds is 11. The summed E-state index contributed by atoms with van der Waals surface area (Å²) in [5.41, 5.74) is 0.723. The van der Waals surface area contributed by atoms with Crippen molar-refractivity contribution in [2.75, 3.05) is 7.05 Å². The Morgan fingerprint density at radius 1 is 0.778 bits per heavy atom. The second-order valence-corrected chi connectivity index (χ2v) is 17.4. The van der Waals surface area contributed by atoms with Crippen LogP contribution in [0.3, 0.4) is 0 Å². The Morgan fingerprint density at radius 2 is 1.37 bits per heavy atom. The minimum atomic E-state index is -1.69. The summed E-state index contributed by atoms with van der Waals surface area (Å²) in [6, 6.07) is -1.55. The molecule has 2 saturated heterocycles. The van der Waals surface area contributed by atoms with Gasteiger partial charge in [-0.1, -0.05) is 71.9 Å². The van der Waals surface area contributed by atoms with Gasteiger partial charge < -0.3 is 56.3 Å². The highest BCUT2D eigenvalue weighted by atomic mass is 16.6. The lowest BCUT2D eigenvalue weighted by atomic mass is 9.94. The second-order valence-electron chi connectivity index (χ2n) is 17.4. The fourth-order valence-electron chi connectivity index (χ4n) is 7.00. The molecule has 20 heteroatoms. The molecule has 20 nitrogen and oxygen atoms in total. The lowest BCUT2D eigenvalue weighted by Crippen LogP contribution is -2.65. The predicted octanol–water partition coefficient (Wildman–Crippen LogP) is 0.205. The lowest BCUT2D eigenvalue weighted by Gasteiger charge is -2.43. The summed E-state index contributed by atoms with van der Waals surface area (Å²) in [7, 11) is 1.37. The Labute approximate surface area is 368 Å². The SMILES string of the molecule is CC(C)C[C@H]1C(=O)N(C)[C@@H](C)C(=O)N[C@@H](C(C)C)C(=O)O[C@H](C)[C@H](NC(=O)[C@H](C)NC(=O)C(C)NC(=O)OCc2ccccc2)C(=O)N[C@@H](C(C)C)C(=O)N[C@H]2CC[C@@H](O)N1C2=O. The maximum absolute atomic E-state index is 14.2. The average molecular weight is 887 g/mol. The van der Waals surface area contributed by atoms with Crippen LogP contribution in [-0.4, -0.2) is 136 Å². The van der Waals surface area contributed by atoms with Gasteiger partial charge in [0.1, 0.15) is 67.3 Å². The van der Waals surface area contributed by atoms with Gasteiger partial charge in [0.2, 0.25) is 41.4 Å². The van der Waals surface area contributed by atoms with E-state index in [1.165, 1.54) is 34.7 Å². The number of hydrogen-bond donors (Lipinski definition) is 7. The molecule has 1 aromatic rings. The van der Waals surface area contributed by atoms with E-state index < -0.39 is 126 Å². The van der Waals surface area contributed by atoms with E-state index in [9.17, 15) is 48.3 Å². The standard InChI is InChI=1S/C43H66N8O12/c1-21(2)19-30-41(59)50(11)26(9)37(55)48-33(23(5)6)42(60)63-27(10)34(39(57)47-32(22(3)4)38(56)46-29-17-18-31(52)51(30)40(29)58)49-36(54)24(7)44-35(53)25(8)45-43(61)62-20-28-15-13-12-14-16-28/h12-16,21-27,29-34,52H,17-20H2,1-11H3,(H,44,53)(H,45,61)(H,46,56)(H,47,57)(H,48,55)(H,49,54)/t24-,25?,26-,27+,29-,30-,31+,32-,33-,34-/m0/s1. The molecule has 7 N–H and O–H groups in total. The van der Waals surface area contributed by atoms with Gasteiger partial charge in [0.15, 0.2) is 0 Å². The molecule has 0 aromatic heterocycles. The number of fused-ring (bicyclic) bond motifs is 2. The molecule has 0 spiro atoms. The molecule has 2 bridgehead atoms. The zero-order valence-electron chi connectivity index (χ0n) is 38.1. The molecular weight excluding hydrogens is 821 g/mol. The first-order valence-electron chi connectivity index (χ1n) is 21.4. The third kappa shape index (κ3) is 14.1. The molecule has 8 amide bonds. The van der Waals surface area contributed by atoms with Gasteiger partial charge in [0.25, 0.3) is 0 Å². The smallest absolute Gasteiger partial charge is 0.408 e. The Kier molecular flexibility index (Phi) is 18.9. The largest absolute Gasteiger partial charge is 0.458 e. The van der Waals surface area contributed by atoms with Crippen molar-refractivity contribution in [2.45, 2.75) is 156 Å². The molecule has 1 unspecified atom stereocenters. The Bertz CT molecular complexity index is 1830. The lowest BCUT2D eigenvalue weighted by molar-refractivity contribution is -0.166. The van der Waals surface area contributed by atoms with Crippen LogP contribution >= 0.6 is 0 Å². The van der Waals surface area contributed by atoms with Gasteiger partial charge in [0, 0.05) is 7.05 Å². The molecule has 2 heterocycles. The molecule has 0 saturated carbocycles. The summed E-state index contributed by atoms with van der Waals surface area (Å²) in [5, 5.41) is 26.4. The van der Waals surface area contributed by atoms with E-state index >= 15 is 0 Å². The zero-order chi connectivity index (χ0) is 47.5. The number of esters is 1. The van der Waals surface area contributed by atoms with Gasteiger partial charge in [-0.3, -0.25) is 33.6 Å². The third-order valence-electron chi connectivity index (χ3n) is 11.0. The van der Waals surface area contributed by atoms with Gasteiger partial charge in [-0.05, 0) is 70.3 Å². The molecule has 3 rings (SSSR count). The molecule has 2 aliphatic rings. The monoisotopic (exact) mass is 886 g/mol. The maximum atomic E-state index is 14.2. The van der Waals surface area contributed by atoms with Crippen LogP contribution in [0, 0.1) is 17.8 Å². The van der Waals surface area contributed by atoms with Crippen molar-refractivity contribution >= 4 is 53.4 Å². The van der Waals surface area contributed by atoms with Gasteiger partial charge in [-0.2, -0.15) is 0 Å². The van der Waals surface area contributed by atoms with Crippen LogP contribution in [-0.2, 0) is 54.4 Å². The third-order valence-corrected chi connectivity index (χ3v) is 11.0. The molecule has 2 aliphatic heterocycles. The van der Waals surface area contributed by atoms with Crippen molar-refractivity contribution in [1.29, 1.82) is 0 Å². The van der Waals surface area contributed by atoms with Crippen molar-refractivity contribution in [1.82, 2.24) is 41.7 Å². The summed E-state index contributed by atoms with van der Waals surface area (Å²) >= 11 is 0. The van der Waals surface area contributed by atoms with Gasteiger partial charge >= 0.3 is 12.1 Å². The number of nitrogens with one attached hydrogen (secondary N) is 6. The van der Waals surface area contributed by atoms with Crippen LogP contribution < -0.4 is 31.9 Å². The van der Waals surface area contributed by atoms with E-state index in [4.69, 9.17) is 9.47 Å². The second kappa shape index (κ2) is 23.1. The van der Waals surface area contributed by atoms with Crippen molar-refractivity contribution in [3.8, 4) is 0 Å². The van der Waals surface area contributed by atoms with Gasteiger partial charge in [0.05, 0.1) is 0 Å². The number of alkyl carbamates (subject to hydrolysis) is 1. The summed E-state index contributed by atoms with van der Waals surface area (Å²) < 4.78 is 10.9. The fourth-order valence-corrected chi connectivity index (χ4v) is 7.00. The molecule has 2 fully saturated rings. The number of carbonyl (C=O) groups excluding carboxylic acids is 9. The molecule has 0 aliphatic carbocycles. The van der Waals surface area contributed by atoms with E-state index in [1.807, 2.05) is 13.8 Å². The van der Waals surface area contributed by atoms with Gasteiger partial charge in [-0.25, -0.2) is 9.59 Å². The number of cyclic esters (lactones) is 1. The first-order valence-corrected chi connectivity index (χ1v) is 21.4. The van der Waals surface area contributed by atoms with Crippen LogP contribution in [0.15, 0.2) is 30.3 Å². The summed E-state index contributed by atoms with van der Waals surface area (Å²) in [6.07, 6.45) is -3.60. The average Bonchev–Trinajstić information content (AvgIpc) is 3.21. The summed E-state index contributed by atoms with van der Waals surface area (Å²) in [6.45, 7) is 15.6. The van der Waals surface area contributed by atoms with E-state index in [2.05, 4.69) is 31.9 Å². The number of aliphatic hydroxyl groups is 1. The molecule has 350 valence electrons. The van der Waals surface area contributed by atoms with Crippen LogP contribution in [0.25, 0.3) is 0 Å².